The van der Waals surface area contributed by atoms with E-state index < -0.39 is 11.7 Å². The lowest BCUT2D eigenvalue weighted by molar-refractivity contribution is -0.136. The molecule has 0 amide bonds. The van der Waals surface area contributed by atoms with Gasteiger partial charge in [-0.15, -0.1) is 0 Å². The van der Waals surface area contributed by atoms with Crippen LogP contribution in [-0.2, 0) is 12.7 Å². The number of halogens is 3. The van der Waals surface area contributed by atoms with Crippen molar-refractivity contribution in [3.8, 4) is 0 Å². The first-order valence-corrected chi connectivity index (χ1v) is 14.5. The van der Waals surface area contributed by atoms with Crippen LogP contribution in [0.1, 0.15) is 81.9 Å². The molecular weight excluding hydrogens is 493 g/mol. The Kier molecular flexibility index (Phi) is 7.12. The third-order valence-electron chi connectivity index (χ3n) is 9.97. The van der Waals surface area contributed by atoms with E-state index >= 15 is 0 Å². The van der Waals surface area contributed by atoms with Crippen molar-refractivity contribution in [2.24, 2.45) is 17.8 Å². The molecule has 2 aromatic rings. The van der Waals surface area contributed by atoms with E-state index in [0.29, 0.717) is 35.9 Å². The van der Waals surface area contributed by atoms with Gasteiger partial charge in [-0.3, -0.25) is 18.8 Å². The quantitative estimate of drug-likeness (QED) is 0.569. The number of alkyl halides is 3. The molecule has 0 radical (unpaired) electrons. The van der Waals surface area contributed by atoms with E-state index in [1.807, 2.05) is 0 Å². The molecular formula is C28H41F3N6O. The number of aromatic nitrogens is 2. The van der Waals surface area contributed by atoms with Crippen LogP contribution in [0.25, 0.3) is 5.52 Å². The summed E-state index contributed by atoms with van der Waals surface area (Å²) < 4.78 is 45.6. The maximum atomic E-state index is 14.2. The molecule has 7 nitrogen and oxygen atoms in total. The maximum absolute atomic E-state index is 14.2. The summed E-state index contributed by atoms with van der Waals surface area (Å²) in [5, 5.41) is 0. The summed E-state index contributed by atoms with van der Waals surface area (Å²) in [5.74, 6) is 1.57. The Hall–Kier alpha value is -1.88. The van der Waals surface area contributed by atoms with Crippen molar-refractivity contribution < 1.29 is 13.2 Å². The van der Waals surface area contributed by atoms with Crippen LogP contribution in [0, 0.1) is 17.8 Å². The lowest BCUT2D eigenvalue weighted by atomic mass is 9.65. The number of hydrazine groups is 1. The Morgan fingerprint density at radius 1 is 1.05 bits per heavy atom. The standard InChI is InChI=1S/C28H41F3N6O/c1-18-6-5-11-35(18)14-19-12-23(28(29,30)31)24-16-36(27(38)37(24)15-19)22-10-4-9-21(13-22)25(20-7-3-8-20)26-33-32-17-34(26)2/h12,15-16,18,20-22,25-26,32-33H,3-11,13-14,17H2,1-2H3/t18-,21?,22?,25+,26?/m1/s1. The number of hydrogen-bond acceptors (Lipinski definition) is 5. The van der Waals surface area contributed by atoms with Gasteiger partial charge in [-0.25, -0.2) is 15.6 Å². The van der Waals surface area contributed by atoms with E-state index in [9.17, 15) is 18.0 Å². The molecule has 4 aliphatic rings. The molecule has 3 unspecified atom stereocenters. The van der Waals surface area contributed by atoms with Gasteiger partial charge in [0.2, 0.25) is 0 Å². The van der Waals surface area contributed by atoms with E-state index in [1.54, 1.807) is 10.8 Å². The van der Waals surface area contributed by atoms with Crippen LogP contribution in [0.3, 0.4) is 0 Å². The maximum Gasteiger partial charge on any atom is 0.418 e. The van der Waals surface area contributed by atoms with Crippen molar-refractivity contribution in [1.29, 1.82) is 0 Å². The Bertz CT molecular complexity index is 1200. The Morgan fingerprint density at radius 2 is 1.82 bits per heavy atom. The van der Waals surface area contributed by atoms with Crippen molar-refractivity contribution in [2.75, 3.05) is 20.3 Å². The van der Waals surface area contributed by atoms with Crippen LogP contribution in [-0.4, -0.2) is 51.2 Å². The molecule has 38 heavy (non-hydrogen) atoms. The topological polar surface area (TPSA) is 57.0 Å². The summed E-state index contributed by atoms with van der Waals surface area (Å²) >= 11 is 0. The smallest absolute Gasteiger partial charge is 0.296 e. The molecule has 10 heteroatoms. The molecule has 5 atom stereocenters. The SMILES string of the molecule is C[C@@H]1CCCN1Cc1cc(C(F)(F)F)c2cn(C3CCCC([C@H](C4CCC4)C4NNCN4C)C3)c(=O)n2c1. The minimum atomic E-state index is -4.52. The molecule has 4 heterocycles. The highest BCUT2D eigenvalue weighted by atomic mass is 19.4. The second-order valence-electron chi connectivity index (χ2n) is 12.3. The summed E-state index contributed by atoms with van der Waals surface area (Å²) in [6, 6.07) is 1.52. The third-order valence-corrected chi connectivity index (χ3v) is 9.97. The predicted octanol–water partition coefficient (Wildman–Crippen LogP) is 4.57. The lowest BCUT2D eigenvalue weighted by Crippen LogP contribution is -2.50. The van der Waals surface area contributed by atoms with Crippen molar-refractivity contribution in [1.82, 2.24) is 29.6 Å². The van der Waals surface area contributed by atoms with E-state index in [1.165, 1.54) is 35.9 Å². The van der Waals surface area contributed by atoms with Gasteiger partial charge in [-0.05, 0) is 82.0 Å². The van der Waals surface area contributed by atoms with Gasteiger partial charge >= 0.3 is 11.9 Å². The molecule has 4 fully saturated rings. The van der Waals surface area contributed by atoms with E-state index in [4.69, 9.17) is 0 Å². The lowest BCUT2D eigenvalue weighted by Gasteiger charge is -2.46. The van der Waals surface area contributed by atoms with E-state index in [0.717, 1.165) is 51.7 Å². The fourth-order valence-corrected chi connectivity index (χ4v) is 7.70. The van der Waals surface area contributed by atoms with Gasteiger partial charge in [0.05, 0.1) is 23.9 Å². The molecule has 0 bridgehead atoms. The number of fused-ring (bicyclic) bond motifs is 1. The third kappa shape index (κ3) is 4.82. The Morgan fingerprint density at radius 3 is 2.45 bits per heavy atom. The molecule has 0 spiro atoms. The van der Waals surface area contributed by atoms with E-state index in [-0.39, 0.29) is 23.4 Å². The largest absolute Gasteiger partial charge is 0.418 e. The molecule has 2 aliphatic heterocycles. The highest BCUT2D eigenvalue weighted by Crippen LogP contribution is 2.47. The number of nitrogens with one attached hydrogen (secondary N) is 2. The molecule has 0 aromatic carbocycles. The molecule has 2 aliphatic carbocycles. The summed E-state index contributed by atoms with van der Waals surface area (Å²) in [6.45, 7) is 4.22. The van der Waals surface area contributed by atoms with Crippen molar-refractivity contribution in [3.05, 3.63) is 40.1 Å². The normalized spacial score (nSPS) is 30.8. The second kappa shape index (κ2) is 10.3. The van der Waals surface area contributed by atoms with Crippen LogP contribution in [0.2, 0.25) is 0 Å². The fraction of sp³-hybridized carbons (Fsp3) is 0.750. The van der Waals surface area contributed by atoms with Gasteiger partial charge in [0.15, 0.2) is 0 Å². The van der Waals surface area contributed by atoms with Gasteiger partial charge in [0, 0.05) is 31.0 Å². The zero-order chi connectivity index (χ0) is 26.6. The van der Waals surface area contributed by atoms with Gasteiger partial charge in [-0.1, -0.05) is 25.7 Å². The average molecular weight is 535 g/mol. The summed E-state index contributed by atoms with van der Waals surface area (Å²) in [5.41, 5.74) is 6.22. The van der Waals surface area contributed by atoms with Crippen LogP contribution < -0.4 is 16.5 Å². The zero-order valence-corrected chi connectivity index (χ0v) is 22.5. The van der Waals surface area contributed by atoms with Gasteiger partial charge in [0.25, 0.3) is 0 Å². The fourth-order valence-electron chi connectivity index (χ4n) is 7.70. The van der Waals surface area contributed by atoms with Crippen LogP contribution in [0.15, 0.2) is 23.3 Å². The molecule has 2 saturated heterocycles. The minimum absolute atomic E-state index is 0.0280. The monoisotopic (exact) mass is 534 g/mol. The van der Waals surface area contributed by atoms with E-state index in [2.05, 4.69) is 34.6 Å². The molecule has 6 rings (SSSR count). The summed E-state index contributed by atoms with van der Waals surface area (Å²) in [6.07, 6.45) is 8.48. The Labute approximate surface area is 222 Å². The van der Waals surface area contributed by atoms with Crippen LogP contribution >= 0.6 is 0 Å². The highest BCUT2D eigenvalue weighted by Gasteiger charge is 2.44. The number of nitrogens with zero attached hydrogens (tertiary/aromatic N) is 4. The molecule has 210 valence electrons. The van der Waals surface area contributed by atoms with Gasteiger partial charge in [0.1, 0.15) is 0 Å². The van der Waals surface area contributed by atoms with Crippen LogP contribution in [0.5, 0.6) is 0 Å². The van der Waals surface area contributed by atoms with Crippen LogP contribution in [0.4, 0.5) is 13.2 Å². The number of pyridine rings is 1. The van der Waals surface area contributed by atoms with Crippen molar-refractivity contribution in [3.63, 3.8) is 0 Å². The van der Waals surface area contributed by atoms with Crippen molar-refractivity contribution in [2.45, 2.75) is 95.7 Å². The first kappa shape index (κ1) is 26.3. The molecule has 2 N–H and O–H groups in total. The highest BCUT2D eigenvalue weighted by molar-refractivity contribution is 5.56. The zero-order valence-electron chi connectivity index (χ0n) is 22.5. The number of likely N-dealkylation sites (tertiary alicyclic amines) is 1. The first-order chi connectivity index (χ1) is 18.2. The first-order valence-electron chi connectivity index (χ1n) is 14.5. The second-order valence-corrected chi connectivity index (χ2v) is 12.3. The van der Waals surface area contributed by atoms with Crippen molar-refractivity contribution >= 4 is 5.52 Å². The number of imidazole rings is 1. The van der Waals surface area contributed by atoms with Gasteiger partial charge < -0.3 is 0 Å². The molecule has 2 aromatic heterocycles. The minimum Gasteiger partial charge on any atom is -0.296 e. The Balaban J connectivity index is 1.32. The number of rotatable bonds is 6. The van der Waals surface area contributed by atoms with Gasteiger partial charge in [-0.2, -0.15) is 13.2 Å². The number of hydrogen-bond donors (Lipinski definition) is 2. The predicted molar refractivity (Wildman–Crippen MR) is 140 cm³/mol. The average Bonchev–Trinajstić information content (AvgIpc) is 3.55. The summed E-state index contributed by atoms with van der Waals surface area (Å²) in [7, 11) is 2.13. The summed E-state index contributed by atoms with van der Waals surface area (Å²) in [4.78, 5) is 18.2. The molecule has 2 saturated carbocycles.